The summed E-state index contributed by atoms with van der Waals surface area (Å²) in [7, 11) is 0. The minimum atomic E-state index is -0.131. The molecule has 1 aromatic heterocycles. The van der Waals surface area contributed by atoms with Gasteiger partial charge in [-0.05, 0) is 56.0 Å². The van der Waals surface area contributed by atoms with Crippen LogP contribution < -0.4 is 10.1 Å². The van der Waals surface area contributed by atoms with Crippen molar-refractivity contribution in [1.82, 2.24) is 20.1 Å². The summed E-state index contributed by atoms with van der Waals surface area (Å²) in [6, 6.07) is 13.4. The molecule has 7 nitrogen and oxygen atoms in total. The lowest BCUT2D eigenvalue weighted by molar-refractivity contribution is -0.130. The number of fused-ring (bicyclic) bond motifs is 2. The molecule has 2 atom stereocenters. The highest BCUT2D eigenvalue weighted by Gasteiger charge is 2.32. The monoisotopic (exact) mass is 450 g/mol. The van der Waals surface area contributed by atoms with Crippen molar-refractivity contribution in [2.24, 2.45) is 5.92 Å². The minimum Gasteiger partial charge on any atom is -0.491 e. The lowest BCUT2D eigenvalue weighted by atomic mass is 9.86. The van der Waals surface area contributed by atoms with Gasteiger partial charge in [0.2, 0.25) is 5.91 Å². The topological polar surface area (TPSA) is 74.8 Å². The summed E-state index contributed by atoms with van der Waals surface area (Å²) < 4.78 is 6.08. The summed E-state index contributed by atoms with van der Waals surface area (Å²) >= 11 is 0. The quantitative estimate of drug-likeness (QED) is 0.761. The summed E-state index contributed by atoms with van der Waals surface area (Å²) in [5.41, 5.74) is 1.60. The summed E-state index contributed by atoms with van der Waals surface area (Å²) in [6.07, 6.45) is 5.97. The van der Waals surface area contributed by atoms with E-state index in [1.54, 1.807) is 6.92 Å². The number of aromatic nitrogens is 1. The maximum absolute atomic E-state index is 13.2. The van der Waals surface area contributed by atoms with Crippen molar-refractivity contribution in [2.75, 3.05) is 32.8 Å². The maximum atomic E-state index is 13.2. The zero-order valence-corrected chi connectivity index (χ0v) is 19.4. The predicted molar refractivity (Wildman–Crippen MR) is 127 cm³/mol. The van der Waals surface area contributed by atoms with Crippen molar-refractivity contribution in [3.63, 3.8) is 0 Å². The lowest BCUT2D eigenvalue weighted by Crippen LogP contribution is -2.53. The van der Waals surface area contributed by atoms with Crippen LogP contribution in [0.15, 0.2) is 48.7 Å². The van der Waals surface area contributed by atoms with Crippen molar-refractivity contribution >= 4 is 11.8 Å². The van der Waals surface area contributed by atoms with Gasteiger partial charge in [0.25, 0.3) is 5.91 Å². The molecule has 0 bridgehead atoms. The van der Waals surface area contributed by atoms with Crippen LogP contribution in [-0.2, 0) is 11.3 Å². The standard InChI is InChI=1S/C26H34N4O3/c1-20(31)30-15-12-21-8-5-7-14-29(18-22-9-4-6-13-27-22)16-17-33-25-11-3-2-10-23(25)26(32)28-24(21)19-30/h2-4,6,9-11,13,21,24H,5,7-8,12,14-19H2,1H3,(H,28,32)/t21-,24+/m1/s1. The number of hydrogen-bond donors (Lipinski definition) is 1. The van der Waals surface area contributed by atoms with Gasteiger partial charge in [-0.3, -0.25) is 19.5 Å². The van der Waals surface area contributed by atoms with Crippen molar-refractivity contribution in [2.45, 2.75) is 45.2 Å². The number of pyridine rings is 1. The van der Waals surface area contributed by atoms with Gasteiger partial charge < -0.3 is 15.0 Å². The molecule has 3 heterocycles. The van der Waals surface area contributed by atoms with E-state index in [1.165, 1.54) is 0 Å². The Hall–Kier alpha value is -2.93. The molecule has 0 unspecified atom stereocenters. The number of likely N-dealkylation sites (tertiary alicyclic amines) is 1. The van der Waals surface area contributed by atoms with E-state index in [0.29, 0.717) is 30.4 Å². The van der Waals surface area contributed by atoms with E-state index < -0.39 is 0 Å². The first-order valence-electron chi connectivity index (χ1n) is 12.0. The smallest absolute Gasteiger partial charge is 0.255 e. The van der Waals surface area contributed by atoms with Crippen LogP contribution in [0, 0.1) is 5.92 Å². The van der Waals surface area contributed by atoms with E-state index in [4.69, 9.17) is 4.74 Å². The first kappa shape index (κ1) is 23.2. The normalized spacial score (nSPS) is 22.8. The fraction of sp³-hybridized carbons (Fsp3) is 0.500. The van der Waals surface area contributed by atoms with Crippen LogP contribution in [0.25, 0.3) is 0 Å². The number of carbonyl (C=O) groups excluding carboxylic acids is 2. The third-order valence-corrected chi connectivity index (χ3v) is 6.73. The molecule has 2 aliphatic rings. The number of piperidine rings is 1. The number of nitrogens with one attached hydrogen (secondary N) is 1. The third kappa shape index (κ3) is 6.32. The molecule has 176 valence electrons. The number of hydrogen-bond acceptors (Lipinski definition) is 5. The Kier molecular flexibility index (Phi) is 7.94. The van der Waals surface area contributed by atoms with Crippen LogP contribution in [0.2, 0.25) is 0 Å². The van der Waals surface area contributed by atoms with E-state index in [2.05, 4.69) is 21.3 Å². The second kappa shape index (κ2) is 11.3. The van der Waals surface area contributed by atoms with Gasteiger partial charge in [-0.1, -0.05) is 24.6 Å². The molecule has 0 aliphatic carbocycles. The van der Waals surface area contributed by atoms with Crippen LogP contribution >= 0.6 is 0 Å². The molecule has 2 aromatic rings. The molecular formula is C26H34N4O3. The first-order chi connectivity index (χ1) is 16.1. The highest BCUT2D eigenvalue weighted by atomic mass is 16.5. The summed E-state index contributed by atoms with van der Waals surface area (Å²) in [5.74, 6) is 0.898. The van der Waals surface area contributed by atoms with Gasteiger partial charge in [-0.15, -0.1) is 0 Å². The molecule has 0 radical (unpaired) electrons. The van der Waals surface area contributed by atoms with E-state index in [1.807, 2.05) is 47.5 Å². The van der Waals surface area contributed by atoms with Crippen LogP contribution in [0.3, 0.4) is 0 Å². The second-order valence-electron chi connectivity index (χ2n) is 9.03. The molecule has 1 aromatic carbocycles. The summed E-state index contributed by atoms with van der Waals surface area (Å²) in [5, 5.41) is 3.22. The SMILES string of the molecule is CC(=O)N1CC[C@H]2CCCCN(Cc3ccccn3)CCOc3ccccc3C(=O)N[C@H]2C1. The van der Waals surface area contributed by atoms with Gasteiger partial charge in [0.05, 0.1) is 11.3 Å². The molecule has 1 fully saturated rings. The Bertz CT molecular complexity index is 936. The van der Waals surface area contributed by atoms with Crippen molar-refractivity contribution in [3.05, 3.63) is 59.9 Å². The van der Waals surface area contributed by atoms with Gasteiger partial charge in [-0.2, -0.15) is 0 Å². The van der Waals surface area contributed by atoms with Gasteiger partial charge >= 0.3 is 0 Å². The van der Waals surface area contributed by atoms with Crippen molar-refractivity contribution < 1.29 is 14.3 Å². The first-order valence-corrected chi connectivity index (χ1v) is 12.0. The van der Waals surface area contributed by atoms with Gasteiger partial charge in [-0.25, -0.2) is 0 Å². The molecule has 4 rings (SSSR count). The molecule has 33 heavy (non-hydrogen) atoms. The van der Waals surface area contributed by atoms with E-state index in [9.17, 15) is 9.59 Å². The van der Waals surface area contributed by atoms with Crippen LogP contribution in [0.4, 0.5) is 0 Å². The summed E-state index contributed by atoms with van der Waals surface area (Å²) in [6.45, 7) is 5.97. The van der Waals surface area contributed by atoms with Crippen LogP contribution in [0.5, 0.6) is 5.75 Å². The molecular weight excluding hydrogens is 416 g/mol. The Labute approximate surface area is 196 Å². The van der Waals surface area contributed by atoms with E-state index in [0.717, 1.165) is 57.6 Å². The lowest BCUT2D eigenvalue weighted by Gasteiger charge is -2.39. The average Bonchev–Trinajstić information content (AvgIpc) is 2.82. The van der Waals surface area contributed by atoms with Crippen LogP contribution in [-0.4, -0.2) is 65.4 Å². The van der Waals surface area contributed by atoms with Crippen molar-refractivity contribution in [1.29, 1.82) is 0 Å². The number of carbonyl (C=O) groups is 2. The molecule has 2 aliphatic heterocycles. The third-order valence-electron chi connectivity index (χ3n) is 6.73. The Balaban J connectivity index is 1.52. The number of rotatable bonds is 2. The zero-order chi connectivity index (χ0) is 23.0. The molecule has 1 saturated heterocycles. The Morgan fingerprint density at radius 3 is 2.76 bits per heavy atom. The number of benzene rings is 1. The fourth-order valence-electron chi connectivity index (χ4n) is 4.84. The number of ether oxygens (including phenoxy) is 1. The molecule has 0 saturated carbocycles. The van der Waals surface area contributed by atoms with Gasteiger partial charge in [0.1, 0.15) is 12.4 Å². The van der Waals surface area contributed by atoms with E-state index >= 15 is 0 Å². The number of amides is 2. The van der Waals surface area contributed by atoms with Crippen LogP contribution in [0.1, 0.15) is 48.7 Å². The minimum absolute atomic E-state index is 0.0456. The highest BCUT2D eigenvalue weighted by Crippen LogP contribution is 2.26. The second-order valence-corrected chi connectivity index (χ2v) is 9.03. The largest absolute Gasteiger partial charge is 0.491 e. The molecule has 0 spiro atoms. The molecule has 2 amide bonds. The van der Waals surface area contributed by atoms with Gasteiger partial charge in [0, 0.05) is 45.3 Å². The fourth-order valence-corrected chi connectivity index (χ4v) is 4.84. The molecule has 1 N–H and O–H groups in total. The average molecular weight is 451 g/mol. The van der Waals surface area contributed by atoms with Crippen molar-refractivity contribution in [3.8, 4) is 5.75 Å². The zero-order valence-electron chi connectivity index (χ0n) is 19.4. The summed E-state index contributed by atoms with van der Waals surface area (Å²) in [4.78, 5) is 33.9. The van der Waals surface area contributed by atoms with E-state index in [-0.39, 0.29) is 17.9 Å². The molecule has 7 heteroatoms. The van der Waals surface area contributed by atoms with Gasteiger partial charge in [0.15, 0.2) is 0 Å². The maximum Gasteiger partial charge on any atom is 0.255 e. The number of nitrogens with zero attached hydrogens (tertiary/aromatic N) is 3. The highest BCUT2D eigenvalue weighted by molar-refractivity contribution is 5.97. The number of para-hydroxylation sites is 1. The Morgan fingerprint density at radius 1 is 1.09 bits per heavy atom. The predicted octanol–water partition coefficient (Wildman–Crippen LogP) is 3.11. The Morgan fingerprint density at radius 2 is 1.94 bits per heavy atom.